The van der Waals surface area contributed by atoms with Crippen LogP contribution in [0.3, 0.4) is 0 Å². The molecule has 1 aromatic heterocycles. The van der Waals surface area contributed by atoms with Crippen LogP contribution in [0.4, 0.5) is 0 Å². The Bertz CT molecular complexity index is 141. The molecule has 0 saturated carbocycles. The van der Waals surface area contributed by atoms with E-state index in [0.717, 1.165) is 5.56 Å². The normalized spacial score (nSPS) is 8.56. The number of hydrogen-bond acceptors (Lipinski definition) is 2. The summed E-state index contributed by atoms with van der Waals surface area (Å²) in [7, 11) is 0. The van der Waals surface area contributed by atoms with Gasteiger partial charge in [-0.05, 0) is 12.0 Å². The first-order chi connectivity index (χ1) is 3.93. The van der Waals surface area contributed by atoms with Crippen molar-refractivity contribution in [3.63, 3.8) is 0 Å². The van der Waals surface area contributed by atoms with Crippen molar-refractivity contribution >= 4 is 12.4 Å². The number of H-pyrrole nitrogens is 1. The van der Waals surface area contributed by atoms with Crippen LogP contribution < -0.4 is 0 Å². The van der Waals surface area contributed by atoms with Crippen molar-refractivity contribution in [3.8, 4) is 0 Å². The summed E-state index contributed by atoms with van der Waals surface area (Å²) in [5.74, 6) is 0. The van der Waals surface area contributed by atoms with Crippen molar-refractivity contribution in [1.29, 1.82) is 0 Å². The molecule has 1 rings (SSSR count). The minimum Gasteiger partial charge on any atom is -0.396 e. The van der Waals surface area contributed by atoms with Gasteiger partial charge in [-0.15, -0.1) is 12.4 Å². The van der Waals surface area contributed by atoms with Crippen molar-refractivity contribution in [2.24, 2.45) is 0 Å². The fraction of sp³-hybridized carbons (Fsp3) is 0.400. The van der Waals surface area contributed by atoms with E-state index < -0.39 is 0 Å². The average molecular weight is 149 g/mol. The quantitative estimate of drug-likeness (QED) is 0.637. The summed E-state index contributed by atoms with van der Waals surface area (Å²) in [5.41, 5.74) is 1.05. The van der Waals surface area contributed by atoms with Crippen LogP contribution in [-0.2, 0) is 6.42 Å². The van der Waals surface area contributed by atoms with Gasteiger partial charge in [0.25, 0.3) is 0 Å². The second-order valence-corrected chi connectivity index (χ2v) is 1.58. The Balaban J connectivity index is 0.000000640. The van der Waals surface area contributed by atoms with Crippen LogP contribution in [-0.4, -0.2) is 21.9 Å². The number of aromatic amines is 1. The standard InChI is InChI=1S/C5H8N2O.ClH/c8-2-1-5-3-6-7-4-5;/h3-4,8H,1-2H2,(H,6,7);1H. The molecule has 52 valence electrons. The van der Waals surface area contributed by atoms with Gasteiger partial charge < -0.3 is 5.11 Å². The van der Waals surface area contributed by atoms with Crippen LogP contribution >= 0.6 is 12.4 Å². The minimum atomic E-state index is 0. The van der Waals surface area contributed by atoms with Crippen molar-refractivity contribution in [3.05, 3.63) is 18.0 Å². The maximum absolute atomic E-state index is 8.40. The highest BCUT2D eigenvalue weighted by Gasteiger charge is 1.88. The van der Waals surface area contributed by atoms with Crippen molar-refractivity contribution in [2.75, 3.05) is 6.61 Å². The molecule has 0 aromatic carbocycles. The summed E-state index contributed by atoms with van der Waals surface area (Å²) in [5, 5.41) is 14.8. The molecule has 2 N–H and O–H groups in total. The molecule has 9 heavy (non-hydrogen) atoms. The first-order valence-electron chi connectivity index (χ1n) is 2.52. The van der Waals surface area contributed by atoms with Gasteiger partial charge in [-0.2, -0.15) is 5.10 Å². The number of halogens is 1. The topological polar surface area (TPSA) is 48.9 Å². The highest BCUT2D eigenvalue weighted by molar-refractivity contribution is 5.85. The van der Waals surface area contributed by atoms with Gasteiger partial charge >= 0.3 is 0 Å². The fourth-order valence-corrected chi connectivity index (χ4v) is 0.543. The lowest BCUT2D eigenvalue weighted by Gasteiger charge is -1.84. The highest BCUT2D eigenvalue weighted by atomic mass is 35.5. The predicted octanol–water partition coefficient (Wildman–Crippen LogP) is 0.366. The molecule has 0 fully saturated rings. The van der Waals surface area contributed by atoms with Crippen LogP contribution in [0.1, 0.15) is 5.56 Å². The molecule has 1 heterocycles. The maximum Gasteiger partial charge on any atom is 0.0520 e. The van der Waals surface area contributed by atoms with Crippen LogP contribution in [0.15, 0.2) is 12.4 Å². The predicted molar refractivity (Wildman–Crippen MR) is 36.6 cm³/mol. The van der Waals surface area contributed by atoms with Crippen molar-refractivity contribution in [1.82, 2.24) is 10.2 Å². The van der Waals surface area contributed by atoms with E-state index in [4.69, 9.17) is 5.11 Å². The smallest absolute Gasteiger partial charge is 0.0520 e. The SMILES string of the molecule is Cl.OCCc1cn[nH]c1. The van der Waals surface area contributed by atoms with E-state index in [2.05, 4.69) is 10.2 Å². The Morgan fingerprint density at radius 2 is 2.44 bits per heavy atom. The number of aliphatic hydroxyl groups excluding tert-OH is 1. The van der Waals surface area contributed by atoms with Crippen LogP contribution in [0.5, 0.6) is 0 Å². The summed E-state index contributed by atoms with van der Waals surface area (Å²) in [6.07, 6.45) is 4.17. The zero-order valence-corrected chi connectivity index (χ0v) is 5.69. The van der Waals surface area contributed by atoms with Gasteiger partial charge in [0.15, 0.2) is 0 Å². The molecule has 0 aliphatic carbocycles. The van der Waals surface area contributed by atoms with Crippen molar-refractivity contribution in [2.45, 2.75) is 6.42 Å². The van der Waals surface area contributed by atoms with E-state index in [1.807, 2.05) is 0 Å². The van der Waals surface area contributed by atoms with E-state index in [9.17, 15) is 0 Å². The first kappa shape index (κ1) is 8.46. The minimum absolute atomic E-state index is 0. The van der Waals surface area contributed by atoms with E-state index in [1.165, 1.54) is 0 Å². The highest BCUT2D eigenvalue weighted by Crippen LogP contribution is 1.91. The van der Waals surface area contributed by atoms with Gasteiger partial charge in [0.2, 0.25) is 0 Å². The molecule has 0 saturated heterocycles. The summed E-state index contributed by atoms with van der Waals surface area (Å²) < 4.78 is 0. The molecule has 0 bridgehead atoms. The first-order valence-corrected chi connectivity index (χ1v) is 2.52. The number of nitrogens with zero attached hydrogens (tertiary/aromatic N) is 1. The lowest BCUT2D eigenvalue weighted by atomic mass is 10.3. The van der Waals surface area contributed by atoms with Gasteiger partial charge in [0, 0.05) is 12.8 Å². The molecule has 0 aliphatic heterocycles. The van der Waals surface area contributed by atoms with E-state index in [0.29, 0.717) is 6.42 Å². The van der Waals surface area contributed by atoms with E-state index in [1.54, 1.807) is 12.4 Å². The van der Waals surface area contributed by atoms with Crippen LogP contribution in [0, 0.1) is 0 Å². The monoisotopic (exact) mass is 148 g/mol. The molecule has 0 unspecified atom stereocenters. The molecule has 0 spiro atoms. The molecule has 0 aliphatic rings. The molecule has 0 radical (unpaired) electrons. The van der Waals surface area contributed by atoms with Crippen LogP contribution in [0.2, 0.25) is 0 Å². The average Bonchev–Trinajstić information content (AvgIpc) is 2.19. The number of nitrogens with one attached hydrogen (secondary N) is 1. The van der Waals surface area contributed by atoms with Gasteiger partial charge in [-0.1, -0.05) is 0 Å². The molecule has 0 atom stereocenters. The molecular weight excluding hydrogens is 140 g/mol. The number of aromatic nitrogens is 2. The summed E-state index contributed by atoms with van der Waals surface area (Å²) in [4.78, 5) is 0. The van der Waals surface area contributed by atoms with Gasteiger partial charge in [0.05, 0.1) is 6.20 Å². The Labute approximate surface area is 59.5 Å². The lowest BCUT2D eigenvalue weighted by Crippen LogP contribution is -1.86. The van der Waals surface area contributed by atoms with Crippen molar-refractivity contribution < 1.29 is 5.11 Å². The summed E-state index contributed by atoms with van der Waals surface area (Å²) >= 11 is 0. The second-order valence-electron chi connectivity index (χ2n) is 1.58. The lowest BCUT2D eigenvalue weighted by molar-refractivity contribution is 0.299. The summed E-state index contributed by atoms with van der Waals surface area (Å²) in [6.45, 7) is 0.194. The Morgan fingerprint density at radius 1 is 1.67 bits per heavy atom. The Hall–Kier alpha value is -0.540. The zero-order valence-electron chi connectivity index (χ0n) is 4.87. The molecule has 4 heteroatoms. The van der Waals surface area contributed by atoms with Gasteiger partial charge in [0.1, 0.15) is 0 Å². The third-order valence-electron chi connectivity index (χ3n) is 0.955. The fourth-order valence-electron chi connectivity index (χ4n) is 0.543. The third-order valence-corrected chi connectivity index (χ3v) is 0.955. The zero-order chi connectivity index (χ0) is 5.82. The third kappa shape index (κ3) is 2.49. The van der Waals surface area contributed by atoms with E-state index in [-0.39, 0.29) is 19.0 Å². The van der Waals surface area contributed by atoms with Gasteiger partial charge in [-0.25, -0.2) is 0 Å². The Kier molecular flexibility index (Phi) is 4.09. The number of aliphatic hydroxyl groups is 1. The molecule has 1 aromatic rings. The number of hydrogen-bond donors (Lipinski definition) is 2. The number of rotatable bonds is 2. The molecule has 3 nitrogen and oxygen atoms in total. The molecular formula is C5H9ClN2O. The van der Waals surface area contributed by atoms with Crippen LogP contribution in [0.25, 0.3) is 0 Å². The van der Waals surface area contributed by atoms with Gasteiger partial charge in [-0.3, -0.25) is 5.10 Å². The summed E-state index contributed by atoms with van der Waals surface area (Å²) in [6, 6.07) is 0. The maximum atomic E-state index is 8.40. The Morgan fingerprint density at radius 3 is 2.89 bits per heavy atom. The molecule has 0 amide bonds. The van der Waals surface area contributed by atoms with E-state index >= 15 is 0 Å². The second kappa shape index (κ2) is 4.35. The largest absolute Gasteiger partial charge is 0.396 e.